The maximum absolute atomic E-state index is 11.8. The number of nitrogens with one attached hydrogen (secondary N) is 1. The SMILES string of the molecule is CC(C)C(NC(=O)OC(C)(C)C)C(N)C(C)(C)C. The van der Waals surface area contributed by atoms with Crippen LogP contribution in [0.3, 0.4) is 0 Å². The van der Waals surface area contributed by atoms with E-state index in [1.807, 2.05) is 34.6 Å². The zero-order valence-corrected chi connectivity index (χ0v) is 13.1. The molecule has 0 heterocycles. The van der Waals surface area contributed by atoms with Crippen LogP contribution in [0, 0.1) is 11.3 Å². The molecule has 0 aromatic heterocycles. The summed E-state index contributed by atoms with van der Waals surface area (Å²) in [5.41, 5.74) is 5.68. The van der Waals surface area contributed by atoms with E-state index in [0.29, 0.717) is 0 Å². The van der Waals surface area contributed by atoms with E-state index in [0.717, 1.165) is 0 Å². The van der Waals surface area contributed by atoms with E-state index < -0.39 is 11.7 Å². The van der Waals surface area contributed by atoms with Crippen LogP contribution in [0.15, 0.2) is 0 Å². The molecule has 0 fully saturated rings. The average Bonchev–Trinajstić information content (AvgIpc) is 2.08. The minimum absolute atomic E-state index is 0.0655. The van der Waals surface area contributed by atoms with Crippen molar-refractivity contribution in [2.45, 2.75) is 73.1 Å². The summed E-state index contributed by atoms with van der Waals surface area (Å²) in [7, 11) is 0. The van der Waals surface area contributed by atoms with Crippen molar-refractivity contribution in [2.75, 3.05) is 0 Å². The van der Waals surface area contributed by atoms with Gasteiger partial charge in [0.2, 0.25) is 0 Å². The first-order valence-electron chi connectivity index (χ1n) is 6.59. The number of hydrogen-bond donors (Lipinski definition) is 2. The number of carbonyl (C=O) groups is 1. The Balaban J connectivity index is 4.70. The van der Waals surface area contributed by atoms with Crippen molar-refractivity contribution in [3.8, 4) is 0 Å². The quantitative estimate of drug-likeness (QED) is 0.818. The van der Waals surface area contributed by atoms with Crippen molar-refractivity contribution in [3.05, 3.63) is 0 Å². The molecule has 2 atom stereocenters. The Morgan fingerprint density at radius 2 is 1.56 bits per heavy atom. The van der Waals surface area contributed by atoms with Gasteiger partial charge < -0.3 is 15.8 Å². The number of rotatable bonds is 3. The highest BCUT2D eigenvalue weighted by Crippen LogP contribution is 2.23. The Bertz CT molecular complexity index is 274. The molecule has 0 saturated heterocycles. The zero-order chi connectivity index (χ0) is 14.7. The summed E-state index contributed by atoms with van der Waals surface area (Å²) in [6.45, 7) is 15.9. The fourth-order valence-electron chi connectivity index (χ4n) is 1.65. The third-order valence-corrected chi connectivity index (χ3v) is 2.79. The van der Waals surface area contributed by atoms with Gasteiger partial charge in [-0.15, -0.1) is 0 Å². The summed E-state index contributed by atoms with van der Waals surface area (Å²) in [4.78, 5) is 11.8. The normalized spacial score (nSPS) is 16.3. The van der Waals surface area contributed by atoms with Gasteiger partial charge in [0.05, 0.1) is 6.04 Å². The summed E-state index contributed by atoms with van der Waals surface area (Å²) in [6, 6.07) is -0.218. The second-order valence-electron chi connectivity index (χ2n) is 7.31. The Kier molecular flexibility index (Phi) is 5.66. The van der Waals surface area contributed by atoms with Gasteiger partial charge in [-0.1, -0.05) is 34.6 Å². The number of ether oxygens (including phenoxy) is 1. The lowest BCUT2D eigenvalue weighted by molar-refractivity contribution is 0.0460. The van der Waals surface area contributed by atoms with Gasteiger partial charge in [-0.25, -0.2) is 4.79 Å². The van der Waals surface area contributed by atoms with Crippen LogP contribution < -0.4 is 11.1 Å². The maximum atomic E-state index is 11.8. The fourth-order valence-corrected chi connectivity index (χ4v) is 1.65. The highest BCUT2D eigenvalue weighted by Gasteiger charge is 2.33. The Morgan fingerprint density at radius 1 is 1.11 bits per heavy atom. The highest BCUT2D eigenvalue weighted by atomic mass is 16.6. The number of carbonyl (C=O) groups excluding carboxylic acids is 1. The molecule has 0 radical (unpaired) electrons. The van der Waals surface area contributed by atoms with Gasteiger partial charge >= 0.3 is 6.09 Å². The second kappa shape index (κ2) is 5.91. The molecule has 0 saturated carbocycles. The molecule has 0 bridgehead atoms. The van der Waals surface area contributed by atoms with Crippen molar-refractivity contribution in [2.24, 2.45) is 17.1 Å². The second-order valence-corrected chi connectivity index (χ2v) is 7.31. The van der Waals surface area contributed by atoms with Crippen LogP contribution in [0.25, 0.3) is 0 Å². The third-order valence-electron chi connectivity index (χ3n) is 2.79. The van der Waals surface area contributed by atoms with Gasteiger partial charge in [0, 0.05) is 6.04 Å². The van der Waals surface area contributed by atoms with Crippen LogP contribution in [-0.2, 0) is 4.74 Å². The van der Waals surface area contributed by atoms with Crippen molar-refractivity contribution >= 4 is 6.09 Å². The van der Waals surface area contributed by atoms with Crippen LogP contribution in [0.4, 0.5) is 4.79 Å². The first-order valence-corrected chi connectivity index (χ1v) is 6.59. The summed E-state index contributed by atoms with van der Waals surface area (Å²) in [5.74, 6) is 0.256. The van der Waals surface area contributed by atoms with Crippen LogP contribution in [0.5, 0.6) is 0 Å². The lowest BCUT2D eigenvalue weighted by atomic mass is 9.79. The van der Waals surface area contributed by atoms with Gasteiger partial charge in [0.1, 0.15) is 5.60 Å². The molecule has 0 aliphatic carbocycles. The first kappa shape index (κ1) is 17.2. The molecule has 0 aromatic rings. The molecule has 0 aromatic carbocycles. The third kappa shape index (κ3) is 6.24. The summed E-state index contributed by atoms with van der Waals surface area (Å²) >= 11 is 0. The smallest absolute Gasteiger partial charge is 0.407 e. The molecule has 4 nitrogen and oxygen atoms in total. The minimum Gasteiger partial charge on any atom is -0.444 e. The minimum atomic E-state index is -0.489. The maximum Gasteiger partial charge on any atom is 0.407 e. The standard InChI is InChI=1S/C14H30N2O2/c1-9(2)10(11(15)13(3,4)5)16-12(17)18-14(6,7)8/h9-11H,15H2,1-8H3,(H,16,17). The lowest BCUT2D eigenvalue weighted by Gasteiger charge is -2.37. The first-order chi connectivity index (χ1) is 7.84. The van der Waals surface area contributed by atoms with Gasteiger partial charge in [-0.2, -0.15) is 0 Å². The van der Waals surface area contributed by atoms with Crippen molar-refractivity contribution in [1.82, 2.24) is 5.32 Å². The number of amides is 1. The van der Waals surface area contributed by atoms with Crippen LogP contribution in [0.2, 0.25) is 0 Å². The molecule has 108 valence electrons. The predicted octanol–water partition coefficient (Wildman–Crippen LogP) is 2.91. The van der Waals surface area contributed by atoms with E-state index in [-0.39, 0.29) is 23.4 Å². The van der Waals surface area contributed by atoms with E-state index >= 15 is 0 Å². The Hall–Kier alpha value is -0.770. The summed E-state index contributed by atoms with van der Waals surface area (Å²) in [6.07, 6.45) is -0.402. The van der Waals surface area contributed by atoms with E-state index in [9.17, 15) is 4.79 Å². The van der Waals surface area contributed by atoms with Gasteiger partial charge in [0.25, 0.3) is 0 Å². The van der Waals surface area contributed by atoms with Crippen molar-refractivity contribution in [3.63, 3.8) is 0 Å². The molecule has 1 amide bonds. The Labute approximate surface area is 112 Å². The molecule has 0 aliphatic heterocycles. The zero-order valence-electron chi connectivity index (χ0n) is 13.1. The number of hydrogen-bond acceptors (Lipinski definition) is 3. The fraction of sp³-hybridized carbons (Fsp3) is 0.929. The van der Waals surface area contributed by atoms with E-state index in [1.54, 1.807) is 0 Å². The molecule has 2 unspecified atom stereocenters. The number of alkyl carbamates (subject to hydrolysis) is 1. The molecule has 0 aliphatic rings. The lowest BCUT2D eigenvalue weighted by Crippen LogP contribution is -2.56. The van der Waals surface area contributed by atoms with Gasteiger partial charge in [0.15, 0.2) is 0 Å². The highest BCUT2D eigenvalue weighted by molar-refractivity contribution is 5.68. The molecule has 3 N–H and O–H groups in total. The topological polar surface area (TPSA) is 64.3 Å². The molecule has 0 rings (SSSR count). The van der Waals surface area contributed by atoms with Gasteiger partial charge in [-0.3, -0.25) is 0 Å². The van der Waals surface area contributed by atoms with Gasteiger partial charge in [-0.05, 0) is 32.1 Å². The summed E-state index contributed by atoms with van der Waals surface area (Å²) < 4.78 is 5.28. The van der Waals surface area contributed by atoms with Crippen LogP contribution in [0.1, 0.15) is 55.4 Å². The molecular weight excluding hydrogens is 228 g/mol. The Morgan fingerprint density at radius 3 is 1.83 bits per heavy atom. The van der Waals surface area contributed by atoms with E-state index in [4.69, 9.17) is 10.5 Å². The predicted molar refractivity (Wildman–Crippen MR) is 75.4 cm³/mol. The van der Waals surface area contributed by atoms with Crippen LogP contribution in [-0.4, -0.2) is 23.8 Å². The monoisotopic (exact) mass is 258 g/mol. The molecular formula is C14H30N2O2. The van der Waals surface area contributed by atoms with E-state index in [2.05, 4.69) is 26.1 Å². The van der Waals surface area contributed by atoms with E-state index in [1.165, 1.54) is 0 Å². The van der Waals surface area contributed by atoms with Crippen molar-refractivity contribution in [1.29, 1.82) is 0 Å². The summed E-state index contributed by atoms with van der Waals surface area (Å²) in [5, 5.41) is 2.89. The largest absolute Gasteiger partial charge is 0.444 e. The van der Waals surface area contributed by atoms with Crippen LogP contribution >= 0.6 is 0 Å². The average molecular weight is 258 g/mol. The molecule has 4 heteroatoms. The van der Waals surface area contributed by atoms with Crippen molar-refractivity contribution < 1.29 is 9.53 Å². The molecule has 0 spiro atoms. The molecule has 18 heavy (non-hydrogen) atoms. The number of nitrogens with two attached hydrogens (primary N) is 1.